The Kier molecular flexibility index (Phi) is 3.47. The van der Waals surface area contributed by atoms with Gasteiger partial charge in [-0.05, 0) is 32.4 Å². The smallest absolute Gasteiger partial charge is 0.0687 e. The van der Waals surface area contributed by atoms with Crippen molar-refractivity contribution >= 4 is 5.69 Å². The first-order valence-corrected chi connectivity index (χ1v) is 4.73. The van der Waals surface area contributed by atoms with Crippen molar-refractivity contribution in [3.8, 4) is 0 Å². The Morgan fingerprint density at radius 2 is 2.21 bits per heavy atom. The first kappa shape index (κ1) is 11.0. The minimum atomic E-state index is -0.0547. The van der Waals surface area contributed by atoms with Crippen molar-refractivity contribution in [3.05, 3.63) is 24.0 Å². The molecule has 0 radical (unpaired) electrons. The van der Waals surface area contributed by atoms with Crippen molar-refractivity contribution in [2.24, 2.45) is 0 Å². The Labute approximate surface area is 85.5 Å². The van der Waals surface area contributed by atoms with Crippen LogP contribution >= 0.6 is 0 Å². The minimum Gasteiger partial charge on any atom is -0.382 e. The molecule has 3 heteroatoms. The zero-order valence-electron chi connectivity index (χ0n) is 9.29. The van der Waals surface area contributed by atoms with Crippen molar-refractivity contribution in [1.82, 2.24) is 4.98 Å². The van der Waals surface area contributed by atoms with Gasteiger partial charge >= 0.3 is 0 Å². The molecule has 0 spiro atoms. The van der Waals surface area contributed by atoms with Crippen molar-refractivity contribution < 1.29 is 4.74 Å². The Morgan fingerprint density at radius 1 is 1.50 bits per heavy atom. The summed E-state index contributed by atoms with van der Waals surface area (Å²) in [6.07, 6.45) is 3.64. The summed E-state index contributed by atoms with van der Waals surface area (Å²) >= 11 is 0. The van der Waals surface area contributed by atoms with E-state index in [2.05, 4.69) is 24.1 Å². The largest absolute Gasteiger partial charge is 0.382 e. The molecule has 0 aliphatic heterocycles. The normalized spacial score (nSPS) is 11.4. The second-order valence-corrected chi connectivity index (χ2v) is 4.13. The van der Waals surface area contributed by atoms with Gasteiger partial charge in [-0.2, -0.15) is 0 Å². The van der Waals surface area contributed by atoms with Crippen LogP contribution in [0, 0.1) is 6.92 Å². The van der Waals surface area contributed by atoms with E-state index in [0.717, 1.165) is 11.3 Å². The van der Waals surface area contributed by atoms with Gasteiger partial charge in [-0.1, -0.05) is 0 Å². The van der Waals surface area contributed by atoms with E-state index in [9.17, 15) is 0 Å². The SMILES string of the molecule is COCC(C)(C)Nc1ccncc1C. The van der Waals surface area contributed by atoms with Crippen LogP contribution in [0.1, 0.15) is 19.4 Å². The number of nitrogens with zero attached hydrogens (tertiary/aromatic N) is 1. The predicted octanol–water partition coefficient (Wildman–Crippen LogP) is 2.23. The molecule has 0 unspecified atom stereocenters. The molecular weight excluding hydrogens is 176 g/mol. The number of ether oxygens (including phenoxy) is 1. The molecule has 1 aromatic heterocycles. The van der Waals surface area contributed by atoms with Crippen molar-refractivity contribution in [3.63, 3.8) is 0 Å². The van der Waals surface area contributed by atoms with Gasteiger partial charge in [0.2, 0.25) is 0 Å². The summed E-state index contributed by atoms with van der Waals surface area (Å²) in [7, 11) is 1.71. The van der Waals surface area contributed by atoms with Crippen LogP contribution in [0.15, 0.2) is 18.5 Å². The topological polar surface area (TPSA) is 34.1 Å². The summed E-state index contributed by atoms with van der Waals surface area (Å²) in [5.41, 5.74) is 2.21. The van der Waals surface area contributed by atoms with Gasteiger partial charge in [0.25, 0.3) is 0 Å². The summed E-state index contributed by atoms with van der Waals surface area (Å²) in [6, 6.07) is 1.98. The number of hydrogen-bond acceptors (Lipinski definition) is 3. The second kappa shape index (κ2) is 4.42. The van der Waals surface area contributed by atoms with Gasteiger partial charge in [0.1, 0.15) is 0 Å². The van der Waals surface area contributed by atoms with Gasteiger partial charge in [0.05, 0.1) is 12.1 Å². The molecule has 0 amide bonds. The molecule has 78 valence electrons. The maximum atomic E-state index is 5.14. The van der Waals surface area contributed by atoms with Crippen LogP contribution in [-0.2, 0) is 4.74 Å². The van der Waals surface area contributed by atoms with Gasteiger partial charge in [-0.15, -0.1) is 0 Å². The number of pyridine rings is 1. The lowest BCUT2D eigenvalue weighted by molar-refractivity contribution is 0.158. The van der Waals surface area contributed by atoms with Crippen LogP contribution in [0.25, 0.3) is 0 Å². The third-order valence-electron chi connectivity index (χ3n) is 2.00. The van der Waals surface area contributed by atoms with Crippen LogP contribution in [0.4, 0.5) is 5.69 Å². The van der Waals surface area contributed by atoms with E-state index in [0.29, 0.717) is 6.61 Å². The van der Waals surface area contributed by atoms with Crippen LogP contribution in [0.5, 0.6) is 0 Å². The molecular formula is C11H18N2O. The number of aromatic nitrogens is 1. The molecule has 1 heterocycles. The van der Waals surface area contributed by atoms with E-state index < -0.39 is 0 Å². The highest BCUT2D eigenvalue weighted by atomic mass is 16.5. The summed E-state index contributed by atoms with van der Waals surface area (Å²) < 4.78 is 5.14. The van der Waals surface area contributed by atoms with Crippen molar-refractivity contribution in [2.75, 3.05) is 19.0 Å². The Hall–Kier alpha value is -1.09. The number of methoxy groups -OCH3 is 1. The van der Waals surface area contributed by atoms with E-state index in [1.54, 1.807) is 13.3 Å². The molecule has 0 aliphatic rings. The Balaban J connectivity index is 2.73. The van der Waals surface area contributed by atoms with E-state index in [4.69, 9.17) is 4.74 Å². The summed E-state index contributed by atoms with van der Waals surface area (Å²) in [5.74, 6) is 0. The number of rotatable bonds is 4. The molecule has 0 atom stereocenters. The predicted molar refractivity (Wildman–Crippen MR) is 58.6 cm³/mol. The quantitative estimate of drug-likeness (QED) is 0.798. The molecule has 1 N–H and O–H groups in total. The molecule has 1 aromatic rings. The molecule has 1 rings (SSSR count). The van der Waals surface area contributed by atoms with E-state index in [1.165, 1.54) is 0 Å². The first-order chi connectivity index (χ1) is 6.55. The summed E-state index contributed by atoms with van der Waals surface area (Å²) in [4.78, 5) is 4.05. The third-order valence-corrected chi connectivity index (χ3v) is 2.00. The first-order valence-electron chi connectivity index (χ1n) is 4.73. The number of hydrogen-bond donors (Lipinski definition) is 1. The highest BCUT2D eigenvalue weighted by molar-refractivity contribution is 5.50. The van der Waals surface area contributed by atoms with Gasteiger partial charge in [0.15, 0.2) is 0 Å². The lowest BCUT2D eigenvalue weighted by Crippen LogP contribution is -2.36. The van der Waals surface area contributed by atoms with Gasteiger partial charge in [-0.25, -0.2) is 0 Å². The average molecular weight is 194 g/mol. The molecule has 14 heavy (non-hydrogen) atoms. The van der Waals surface area contributed by atoms with Gasteiger partial charge in [-0.3, -0.25) is 4.98 Å². The summed E-state index contributed by atoms with van der Waals surface area (Å²) in [5, 5.41) is 3.42. The molecule has 0 fully saturated rings. The van der Waals surface area contributed by atoms with E-state index >= 15 is 0 Å². The Bertz CT molecular complexity index is 297. The van der Waals surface area contributed by atoms with Crippen LogP contribution in [0.3, 0.4) is 0 Å². The van der Waals surface area contributed by atoms with Crippen LogP contribution in [0.2, 0.25) is 0 Å². The molecule has 0 bridgehead atoms. The van der Waals surface area contributed by atoms with E-state index in [-0.39, 0.29) is 5.54 Å². The molecule has 0 saturated carbocycles. The fraction of sp³-hybridized carbons (Fsp3) is 0.545. The van der Waals surface area contributed by atoms with E-state index in [1.807, 2.05) is 19.2 Å². The second-order valence-electron chi connectivity index (χ2n) is 4.13. The Morgan fingerprint density at radius 3 is 2.79 bits per heavy atom. The average Bonchev–Trinajstić information content (AvgIpc) is 2.08. The fourth-order valence-corrected chi connectivity index (χ4v) is 1.38. The molecule has 0 aliphatic carbocycles. The summed E-state index contributed by atoms with van der Waals surface area (Å²) in [6.45, 7) is 6.93. The van der Waals surface area contributed by atoms with Gasteiger partial charge < -0.3 is 10.1 Å². The highest BCUT2D eigenvalue weighted by Gasteiger charge is 2.17. The zero-order valence-corrected chi connectivity index (χ0v) is 9.29. The van der Waals surface area contributed by atoms with Crippen LogP contribution in [-0.4, -0.2) is 24.2 Å². The lowest BCUT2D eigenvalue weighted by atomic mass is 10.1. The maximum Gasteiger partial charge on any atom is 0.0687 e. The monoisotopic (exact) mass is 194 g/mol. The molecule has 0 saturated heterocycles. The third kappa shape index (κ3) is 3.00. The maximum absolute atomic E-state index is 5.14. The molecule has 3 nitrogen and oxygen atoms in total. The van der Waals surface area contributed by atoms with Crippen molar-refractivity contribution in [1.29, 1.82) is 0 Å². The van der Waals surface area contributed by atoms with Gasteiger partial charge in [0, 0.05) is 25.2 Å². The fourth-order valence-electron chi connectivity index (χ4n) is 1.38. The molecule has 0 aromatic carbocycles. The number of anilines is 1. The van der Waals surface area contributed by atoms with Crippen LogP contribution < -0.4 is 5.32 Å². The highest BCUT2D eigenvalue weighted by Crippen LogP contribution is 2.17. The van der Waals surface area contributed by atoms with Crippen molar-refractivity contribution in [2.45, 2.75) is 26.3 Å². The number of nitrogens with one attached hydrogen (secondary N) is 1. The zero-order chi connectivity index (χ0) is 10.6. The standard InChI is InChI=1S/C11H18N2O/c1-9-7-12-6-5-10(9)13-11(2,3)8-14-4/h5-7H,8H2,1-4H3,(H,12,13). The lowest BCUT2D eigenvalue weighted by Gasteiger charge is -2.27. The minimum absolute atomic E-state index is 0.0547. The number of aryl methyl sites for hydroxylation is 1.